The van der Waals surface area contributed by atoms with Gasteiger partial charge in [-0.15, -0.1) is 0 Å². The van der Waals surface area contributed by atoms with Gasteiger partial charge in [0.1, 0.15) is 0 Å². The maximum absolute atomic E-state index is 12.8. The fourth-order valence-electron chi connectivity index (χ4n) is 3.88. The summed E-state index contributed by atoms with van der Waals surface area (Å²) in [5.74, 6) is -0.668. The van der Waals surface area contributed by atoms with E-state index in [9.17, 15) is 14.4 Å². The van der Waals surface area contributed by atoms with Gasteiger partial charge in [0, 0.05) is 25.2 Å². The third kappa shape index (κ3) is 2.60. The predicted octanol–water partition coefficient (Wildman–Crippen LogP) is 2.96. The normalized spacial score (nSPS) is 15.9. The molecular formula is C21H20N2O3. The highest BCUT2D eigenvalue weighted by atomic mass is 16.2. The van der Waals surface area contributed by atoms with E-state index in [0.717, 1.165) is 24.1 Å². The Labute approximate surface area is 152 Å². The molecule has 2 aliphatic heterocycles. The minimum atomic E-state index is -0.311. The quantitative estimate of drug-likeness (QED) is 0.802. The number of amides is 3. The van der Waals surface area contributed by atoms with Gasteiger partial charge in [-0.25, -0.2) is 0 Å². The number of hydrogen-bond acceptors (Lipinski definition) is 3. The molecule has 5 nitrogen and oxygen atoms in total. The molecule has 0 fully saturated rings. The van der Waals surface area contributed by atoms with Crippen molar-refractivity contribution in [1.29, 1.82) is 0 Å². The lowest BCUT2D eigenvalue weighted by molar-refractivity contribution is -0.118. The van der Waals surface area contributed by atoms with Crippen LogP contribution >= 0.6 is 0 Å². The molecule has 4 rings (SSSR count). The van der Waals surface area contributed by atoms with Crippen LogP contribution in [-0.4, -0.2) is 35.7 Å². The molecule has 2 heterocycles. The zero-order valence-electron chi connectivity index (χ0n) is 14.7. The lowest BCUT2D eigenvalue weighted by atomic mass is 9.98. The van der Waals surface area contributed by atoms with Crippen LogP contribution in [0.3, 0.4) is 0 Å². The predicted molar refractivity (Wildman–Crippen MR) is 98.3 cm³/mol. The van der Waals surface area contributed by atoms with Crippen molar-refractivity contribution in [1.82, 2.24) is 4.90 Å². The van der Waals surface area contributed by atoms with Gasteiger partial charge in [-0.2, -0.15) is 0 Å². The van der Waals surface area contributed by atoms with Crippen LogP contribution in [0, 0.1) is 6.92 Å². The largest absolute Gasteiger partial charge is 0.312 e. The number of hydrogen-bond donors (Lipinski definition) is 0. The summed E-state index contributed by atoms with van der Waals surface area (Å²) >= 11 is 0. The van der Waals surface area contributed by atoms with Gasteiger partial charge in [0.05, 0.1) is 11.1 Å². The molecule has 5 heteroatoms. The number of benzene rings is 2. The molecule has 0 N–H and O–H groups in total. The van der Waals surface area contributed by atoms with E-state index in [-0.39, 0.29) is 30.7 Å². The first kappa shape index (κ1) is 16.5. The van der Waals surface area contributed by atoms with E-state index in [0.29, 0.717) is 17.7 Å². The van der Waals surface area contributed by atoms with Crippen molar-refractivity contribution < 1.29 is 14.4 Å². The topological polar surface area (TPSA) is 57.7 Å². The van der Waals surface area contributed by atoms with Crippen LogP contribution in [0.2, 0.25) is 0 Å². The Balaban J connectivity index is 1.50. The molecule has 26 heavy (non-hydrogen) atoms. The Morgan fingerprint density at radius 3 is 2.38 bits per heavy atom. The first-order valence-corrected chi connectivity index (χ1v) is 8.92. The number of para-hydroxylation sites is 1. The Morgan fingerprint density at radius 1 is 1.00 bits per heavy atom. The van der Waals surface area contributed by atoms with E-state index >= 15 is 0 Å². The standard InChI is InChI=1S/C21H20N2O3/c1-14-6-4-7-15-8-5-12-22(19(14)15)18(24)11-13-23-20(25)16-9-2-3-10-17(16)21(23)26/h2-4,6-7,9-10H,5,8,11-13H2,1H3. The summed E-state index contributed by atoms with van der Waals surface area (Å²) < 4.78 is 0. The SMILES string of the molecule is Cc1cccc2c1N(C(=O)CCN1C(=O)c3ccccc3C1=O)CCC2. The van der Waals surface area contributed by atoms with Crippen LogP contribution in [0.15, 0.2) is 42.5 Å². The van der Waals surface area contributed by atoms with E-state index in [1.807, 2.05) is 24.0 Å². The monoisotopic (exact) mass is 348 g/mol. The fraction of sp³-hybridized carbons (Fsp3) is 0.286. The van der Waals surface area contributed by atoms with Crippen molar-refractivity contribution >= 4 is 23.4 Å². The van der Waals surface area contributed by atoms with Gasteiger partial charge < -0.3 is 4.90 Å². The fourth-order valence-corrected chi connectivity index (χ4v) is 3.88. The first-order valence-electron chi connectivity index (χ1n) is 8.92. The van der Waals surface area contributed by atoms with Crippen molar-refractivity contribution in [2.75, 3.05) is 18.0 Å². The lowest BCUT2D eigenvalue weighted by Gasteiger charge is -2.31. The molecule has 0 aliphatic carbocycles. The Kier molecular flexibility index (Phi) is 4.07. The average molecular weight is 348 g/mol. The summed E-state index contributed by atoms with van der Waals surface area (Å²) in [5, 5.41) is 0. The molecule has 0 spiro atoms. The minimum absolute atomic E-state index is 0.0446. The summed E-state index contributed by atoms with van der Waals surface area (Å²) in [5.41, 5.74) is 4.10. The highest BCUT2D eigenvalue weighted by molar-refractivity contribution is 6.21. The molecule has 0 radical (unpaired) electrons. The van der Waals surface area contributed by atoms with Crippen LogP contribution in [0.5, 0.6) is 0 Å². The third-order valence-corrected chi connectivity index (χ3v) is 5.15. The van der Waals surface area contributed by atoms with E-state index in [1.54, 1.807) is 24.3 Å². The number of aryl methyl sites for hydroxylation is 2. The Bertz CT molecular complexity index is 884. The van der Waals surface area contributed by atoms with Gasteiger partial charge >= 0.3 is 0 Å². The van der Waals surface area contributed by atoms with E-state index in [2.05, 4.69) is 6.07 Å². The average Bonchev–Trinajstić information content (AvgIpc) is 2.90. The zero-order valence-corrected chi connectivity index (χ0v) is 14.7. The second-order valence-corrected chi connectivity index (χ2v) is 6.79. The van der Waals surface area contributed by atoms with Gasteiger partial charge in [0.25, 0.3) is 11.8 Å². The van der Waals surface area contributed by atoms with Gasteiger partial charge in [0.2, 0.25) is 5.91 Å². The summed E-state index contributed by atoms with van der Waals surface area (Å²) in [6.07, 6.45) is 2.04. The van der Waals surface area contributed by atoms with Gasteiger partial charge in [0.15, 0.2) is 0 Å². The van der Waals surface area contributed by atoms with Crippen molar-refractivity contribution in [2.45, 2.75) is 26.2 Å². The van der Waals surface area contributed by atoms with Crippen LogP contribution < -0.4 is 4.90 Å². The van der Waals surface area contributed by atoms with E-state index in [1.165, 1.54) is 10.5 Å². The van der Waals surface area contributed by atoms with E-state index in [4.69, 9.17) is 0 Å². The second-order valence-electron chi connectivity index (χ2n) is 6.79. The minimum Gasteiger partial charge on any atom is -0.312 e. The van der Waals surface area contributed by atoms with E-state index < -0.39 is 0 Å². The first-order chi connectivity index (χ1) is 12.6. The van der Waals surface area contributed by atoms with Crippen LogP contribution in [0.1, 0.15) is 44.7 Å². The van der Waals surface area contributed by atoms with Gasteiger partial charge in [-0.3, -0.25) is 19.3 Å². The number of fused-ring (bicyclic) bond motifs is 2. The van der Waals surface area contributed by atoms with Crippen molar-refractivity contribution in [3.8, 4) is 0 Å². The molecule has 0 unspecified atom stereocenters. The number of carbonyl (C=O) groups is 3. The molecule has 2 aromatic rings. The maximum Gasteiger partial charge on any atom is 0.261 e. The molecular weight excluding hydrogens is 328 g/mol. The van der Waals surface area contributed by atoms with Gasteiger partial charge in [-0.05, 0) is 43.0 Å². The molecule has 2 aromatic carbocycles. The smallest absolute Gasteiger partial charge is 0.261 e. The Hall–Kier alpha value is -2.95. The number of imide groups is 1. The number of nitrogens with zero attached hydrogens (tertiary/aromatic N) is 2. The molecule has 0 bridgehead atoms. The molecule has 2 aliphatic rings. The summed E-state index contributed by atoms with van der Waals surface area (Å²) in [7, 11) is 0. The summed E-state index contributed by atoms with van der Waals surface area (Å²) in [6.45, 7) is 2.80. The molecule has 132 valence electrons. The highest BCUT2D eigenvalue weighted by Gasteiger charge is 2.35. The third-order valence-electron chi connectivity index (χ3n) is 5.15. The number of rotatable bonds is 3. The number of carbonyl (C=O) groups excluding carboxylic acids is 3. The molecule has 0 atom stereocenters. The molecule has 3 amide bonds. The van der Waals surface area contributed by atoms with Crippen LogP contribution in [0.25, 0.3) is 0 Å². The van der Waals surface area contributed by atoms with Gasteiger partial charge in [-0.1, -0.05) is 30.3 Å². The van der Waals surface area contributed by atoms with Crippen LogP contribution in [-0.2, 0) is 11.2 Å². The molecule has 0 aromatic heterocycles. The van der Waals surface area contributed by atoms with Crippen molar-refractivity contribution in [3.63, 3.8) is 0 Å². The molecule has 0 saturated carbocycles. The highest BCUT2D eigenvalue weighted by Crippen LogP contribution is 2.31. The van der Waals surface area contributed by atoms with Crippen molar-refractivity contribution in [3.05, 3.63) is 64.7 Å². The summed E-state index contributed by atoms with van der Waals surface area (Å²) in [4.78, 5) is 40.7. The molecule has 0 saturated heterocycles. The zero-order chi connectivity index (χ0) is 18.3. The second kappa shape index (κ2) is 6.41. The Morgan fingerprint density at radius 2 is 1.69 bits per heavy atom. The van der Waals surface area contributed by atoms with Crippen LogP contribution in [0.4, 0.5) is 5.69 Å². The number of anilines is 1. The van der Waals surface area contributed by atoms with Crippen molar-refractivity contribution in [2.24, 2.45) is 0 Å². The summed E-state index contributed by atoms with van der Waals surface area (Å²) in [6, 6.07) is 12.9. The maximum atomic E-state index is 12.8. The lowest BCUT2D eigenvalue weighted by Crippen LogP contribution is -2.39.